The third-order valence-corrected chi connectivity index (χ3v) is 8.85. The van der Waals surface area contributed by atoms with Crippen LogP contribution in [0.5, 0.6) is 0 Å². The van der Waals surface area contributed by atoms with Crippen molar-refractivity contribution in [1.29, 1.82) is 0 Å². The highest BCUT2D eigenvalue weighted by molar-refractivity contribution is 7.91. The second-order valence-corrected chi connectivity index (χ2v) is 10.9. The van der Waals surface area contributed by atoms with Crippen molar-refractivity contribution in [3.05, 3.63) is 58.8 Å². The molecule has 1 fully saturated rings. The zero-order chi connectivity index (χ0) is 23.4. The molecule has 2 aromatic heterocycles. The number of sulfonamides is 1. The SMILES string of the molecule is CCC(=O)Nc1c(C)noc1/C=C/c1ccc(S(=O)(=O)N2CCN(c3ccccc3)CC2)s1. The van der Waals surface area contributed by atoms with E-state index in [1.165, 1.54) is 11.3 Å². The Labute approximate surface area is 197 Å². The number of carbonyl (C=O) groups excluding carboxylic acids is 1. The molecule has 0 radical (unpaired) electrons. The molecule has 0 spiro atoms. The topological polar surface area (TPSA) is 95.8 Å². The van der Waals surface area contributed by atoms with Gasteiger partial charge in [0.05, 0.1) is 0 Å². The first-order valence-electron chi connectivity index (χ1n) is 10.7. The number of hydrogen-bond donors (Lipinski definition) is 1. The Bertz CT molecular complexity index is 1240. The van der Waals surface area contributed by atoms with E-state index >= 15 is 0 Å². The molecule has 1 saturated heterocycles. The number of thiophene rings is 1. The van der Waals surface area contributed by atoms with Gasteiger partial charge < -0.3 is 14.7 Å². The van der Waals surface area contributed by atoms with Crippen molar-refractivity contribution < 1.29 is 17.7 Å². The van der Waals surface area contributed by atoms with Crippen LogP contribution < -0.4 is 10.2 Å². The largest absolute Gasteiger partial charge is 0.369 e. The van der Waals surface area contributed by atoms with E-state index < -0.39 is 10.0 Å². The third-order valence-electron chi connectivity index (χ3n) is 5.43. The molecule has 8 nitrogen and oxygen atoms in total. The number of aryl methyl sites for hydroxylation is 1. The van der Waals surface area contributed by atoms with Crippen LogP contribution in [-0.2, 0) is 14.8 Å². The summed E-state index contributed by atoms with van der Waals surface area (Å²) in [5.41, 5.74) is 2.22. The van der Waals surface area contributed by atoms with Gasteiger partial charge in [0.2, 0.25) is 5.91 Å². The molecule has 0 bridgehead atoms. The Morgan fingerprint density at radius 3 is 2.55 bits per heavy atom. The smallest absolute Gasteiger partial charge is 0.252 e. The van der Waals surface area contributed by atoms with Crippen molar-refractivity contribution in [2.24, 2.45) is 0 Å². The molecule has 1 aliphatic rings. The fourth-order valence-electron chi connectivity index (χ4n) is 3.55. The van der Waals surface area contributed by atoms with Gasteiger partial charge in [-0.25, -0.2) is 8.42 Å². The first kappa shape index (κ1) is 23.2. The Balaban J connectivity index is 1.44. The van der Waals surface area contributed by atoms with Crippen LogP contribution in [0.15, 0.2) is 51.2 Å². The number of para-hydroxylation sites is 1. The van der Waals surface area contributed by atoms with Gasteiger partial charge in [0, 0.05) is 43.2 Å². The van der Waals surface area contributed by atoms with Crippen molar-refractivity contribution in [3.63, 3.8) is 0 Å². The number of rotatable bonds is 7. The van der Waals surface area contributed by atoms with Gasteiger partial charge in [-0.2, -0.15) is 4.31 Å². The summed E-state index contributed by atoms with van der Waals surface area (Å²) >= 11 is 1.20. The molecule has 3 aromatic rings. The van der Waals surface area contributed by atoms with E-state index in [1.54, 1.807) is 42.4 Å². The zero-order valence-corrected chi connectivity index (χ0v) is 20.2. The number of carbonyl (C=O) groups is 1. The van der Waals surface area contributed by atoms with E-state index in [9.17, 15) is 13.2 Å². The fraction of sp³-hybridized carbons (Fsp3) is 0.304. The van der Waals surface area contributed by atoms with Gasteiger partial charge in [-0.3, -0.25) is 4.79 Å². The van der Waals surface area contributed by atoms with Crippen LogP contribution in [0.3, 0.4) is 0 Å². The highest BCUT2D eigenvalue weighted by Gasteiger charge is 2.29. The van der Waals surface area contributed by atoms with Crippen LogP contribution in [0, 0.1) is 6.92 Å². The molecule has 0 aliphatic carbocycles. The average molecular weight is 487 g/mol. The molecule has 1 amide bonds. The van der Waals surface area contributed by atoms with Crippen LogP contribution in [0.2, 0.25) is 0 Å². The molecule has 1 aromatic carbocycles. The van der Waals surface area contributed by atoms with Gasteiger partial charge in [-0.15, -0.1) is 11.3 Å². The number of aromatic nitrogens is 1. The monoisotopic (exact) mass is 486 g/mol. The zero-order valence-electron chi connectivity index (χ0n) is 18.5. The first-order chi connectivity index (χ1) is 15.9. The number of piperazine rings is 1. The van der Waals surface area contributed by atoms with E-state index in [2.05, 4.69) is 15.4 Å². The Hall–Kier alpha value is -2.95. The second kappa shape index (κ2) is 9.90. The summed E-state index contributed by atoms with van der Waals surface area (Å²) in [4.78, 5) is 14.7. The van der Waals surface area contributed by atoms with Crippen LogP contribution in [-0.4, -0.2) is 50.0 Å². The van der Waals surface area contributed by atoms with E-state index in [1.807, 2.05) is 30.3 Å². The summed E-state index contributed by atoms with van der Waals surface area (Å²) < 4.78 is 33.4. The maximum absolute atomic E-state index is 13.1. The minimum Gasteiger partial charge on any atom is -0.369 e. The number of anilines is 2. The molecule has 33 heavy (non-hydrogen) atoms. The van der Waals surface area contributed by atoms with Crippen molar-refractivity contribution in [1.82, 2.24) is 9.46 Å². The first-order valence-corrected chi connectivity index (χ1v) is 13.0. The lowest BCUT2D eigenvalue weighted by Crippen LogP contribution is -2.48. The number of hydrogen-bond acceptors (Lipinski definition) is 7. The summed E-state index contributed by atoms with van der Waals surface area (Å²) in [6, 6.07) is 13.4. The van der Waals surface area contributed by atoms with Crippen molar-refractivity contribution in [3.8, 4) is 0 Å². The molecule has 3 heterocycles. The van der Waals surface area contributed by atoms with Gasteiger partial charge in [-0.1, -0.05) is 30.3 Å². The predicted octanol–water partition coefficient (Wildman–Crippen LogP) is 4.07. The normalized spacial score (nSPS) is 15.3. The molecule has 0 atom stereocenters. The van der Waals surface area contributed by atoms with Gasteiger partial charge >= 0.3 is 0 Å². The standard InChI is InChI=1S/C23H26N4O4S2/c1-3-21(28)24-23-17(2)25-31-20(23)11-9-19-10-12-22(32-19)33(29,30)27-15-13-26(14-16-27)18-7-5-4-6-8-18/h4-12H,3,13-16H2,1-2H3,(H,24,28)/b11-9+. The molecule has 4 rings (SSSR count). The summed E-state index contributed by atoms with van der Waals surface area (Å²) in [6.07, 6.45) is 3.80. The van der Waals surface area contributed by atoms with Crippen molar-refractivity contribution in [2.45, 2.75) is 24.5 Å². The summed E-state index contributed by atoms with van der Waals surface area (Å²) in [5, 5.41) is 6.69. The van der Waals surface area contributed by atoms with Gasteiger partial charge in [0.1, 0.15) is 15.6 Å². The van der Waals surface area contributed by atoms with E-state index in [4.69, 9.17) is 4.52 Å². The highest BCUT2D eigenvalue weighted by Crippen LogP contribution is 2.29. The van der Waals surface area contributed by atoms with Crippen LogP contribution in [0.25, 0.3) is 12.2 Å². The number of amides is 1. The van der Waals surface area contributed by atoms with Crippen LogP contribution in [0.4, 0.5) is 11.4 Å². The quantitative estimate of drug-likeness (QED) is 0.541. The molecular formula is C23H26N4O4S2. The summed E-state index contributed by atoms with van der Waals surface area (Å²) in [7, 11) is -3.55. The Morgan fingerprint density at radius 1 is 1.12 bits per heavy atom. The van der Waals surface area contributed by atoms with Crippen LogP contribution >= 0.6 is 11.3 Å². The fourth-order valence-corrected chi connectivity index (χ4v) is 6.36. The number of benzene rings is 1. The molecule has 174 valence electrons. The molecule has 0 unspecified atom stereocenters. The summed E-state index contributed by atoms with van der Waals surface area (Å²) in [6.45, 7) is 5.70. The molecule has 10 heteroatoms. The Morgan fingerprint density at radius 2 is 1.85 bits per heavy atom. The minimum atomic E-state index is -3.55. The van der Waals surface area contributed by atoms with Gasteiger partial charge in [0.15, 0.2) is 5.76 Å². The number of nitrogens with zero attached hydrogens (tertiary/aromatic N) is 3. The van der Waals surface area contributed by atoms with Crippen molar-refractivity contribution in [2.75, 3.05) is 36.4 Å². The van der Waals surface area contributed by atoms with E-state index in [0.717, 1.165) is 10.6 Å². The maximum atomic E-state index is 13.1. The molecular weight excluding hydrogens is 460 g/mol. The summed E-state index contributed by atoms with van der Waals surface area (Å²) in [5.74, 6) is 0.289. The van der Waals surface area contributed by atoms with Crippen LogP contribution in [0.1, 0.15) is 29.7 Å². The third kappa shape index (κ3) is 5.18. The molecule has 0 saturated carbocycles. The van der Waals surface area contributed by atoms with Crippen molar-refractivity contribution >= 4 is 50.8 Å². The number of nitrogens with one attached hydrogen (secondary N) is 1. The Kier molecular flexibility index (Phi) is 6.96. The van der Waals surface area contributed by atoms with Gasteiger partial charge in [-0.05, 0) is 43.3 Å². The molecule has 1 aliphatic heterocycles. The van der Waals surface area contributed by atoms with Gasteiger partial charge in [0.25, 0.3) is 10.0 Å². The average Bonchev–Trinajstić information content (AvgIpc) is 3.46. The van der Waals surface area contributed by atoms with E-state index in [0.29, 0.717) is 54.0 Å². The second-order valence-electron chi connectivity index (χ2n) is 7.63. The highest BCUT2D eigenvalue weighted by atomic mass is 32.2. The maximum Gasteiger partial charge on any atom is 0.252 e. The minimum absolute atomic E-state index is 0.132. The predicted molar refractivity (Wildman–Crippen MR) is 131 cm³/mol. The lowest BCUT2D eigenvalue weighted by atomic mass is 10.2. The van der Waals surface area contributed by atoms with E-state index in [-0.39, 0.29) is 5.91 Å². The molecule has 1 N–H and O–H groups in total. The lowest BCUT2D eigenvalue weighted by Gasteiger charge is -2.35. The lowest BCUT2D eigenvalue weighted by molar-refractivity contribution is -0.115.